The molecule has 1 unspecified atom stereocenters. The standard InChI is InChI=1S/C17H27ClN2/c1-12(2)13-7-9-14(10-8-13)17(20-19)11-15-5-3-4-6-16(15)18/h3-6,12-14,17,20H,7-11,19H2,1-2H3. The van der Waals surface area contributed by atoms with E-state index >= 15 is 0 Å². The number of nitrogens with one attached hydrogen (secondary N) is 1. The van der Waals surface area contributed by atoms with Crippen LogP contribution in [0.15, 0.2) is 24.3 Å². The van der Waals surface area contributed by atoms with Crippen LogP contribution >= 0.6 is 11.6 Å². The highest BCUT2D eigenvalue weighted by atomic mass is 35.5. The predicted octanol–water partition coefficient (Wildman–Crippen LogP) is 4.18. The molecule has 112 valence electrons. The van der Waals surface area contributed by atoms with Gasteiger partial charge in [-0.05, 0) is 61.5 Å². The first kappa shape index (κ1) is 15.8. The maximum absolute atomic E-state index is 6.26. The van der Waals surface area contributed by atoms with E-state index in [1.807, 2.05) is 18.2 Å². The number of halogens is 1. The molecule has 2 rings (SSSR count). The number of hydrogen-bond donors (Lipinski definition) is 2. The third-order valence-corrected chi connectivity index (χ3v) is 5.31. The van der Waals surface area contributed by atoms with Gasteiger partial charge in [-0.2, -0.15) is 0 Å². The summed E-state index contributed by atoms with van der Waals surface area (Å²) in [4.78, 5) is 0. The fraction of sp³-hybridized carbons (Fsp3) is 0.647. The molecule has 0 saturated heterocycles. The molecule has 3 N–H and O–H groups in total. The van der Waals surface area contributed by atoms with E-state index in [9.17, 15) is 0 Å². The van der Waals surface area contributed by atoms with Crippen LogP contribution in [-0.2, 0) is 6.42 Å². The second-order valence-corrected chi connectivity index (χ2v) is 6.89. The van der Waals surface area contributed by atoms with Crippen LogP contribution in [0.5, 0.6) is 0 Å². The molecule has 20 heavy (non-hydrogen) atoms. The van der Waals surface area contributed by atoms with E-state index in [0.29, 0.717) is 12.0 Å². The summed E-state index contributed by atoms with van der Waals surface area (Å²) in [5.74, 6) is 8.18. The van der Waals surface area contributed by atoms with Gasteiger partial charge in [0.25, 0.3) is 0 Å². The van der Waals surface area contributed by atoms with Crippen LogP contribution in [0.3, 0.4) is 0 Å². The molecule has 0 radical (unpaired) electrons. The molecule has 3 heteroatoms. The summed E-state index contributed by atoms with van der Waals surface area (Å²) in [6.07, 6.45) is 6.16. The largest absolute Gasteiger partial charge is 0.271 e. The highest BCUT2D eigenvalue weighted by Gasteiger charge is 2.28. The zero-order valence-corrected chi connectivity index (χ0v) is 13.4. The smallest absolute Gasteiger partial charge is 0.0438 e. The highest BCUT2D eigenvalue weighted by molar-refractivity contribution is 6.31. The van der Waals surface area contributed by atoms with Gasteiger partial charge in [-0.15, -0.1) is 0 Å². The Kier molecular flexibility index (Phi) is 5.88. The summed E-state index contributed by atoms with van der Waals surface area (Å²) in [5, 5.41) is 0.851. The SMILES string of the molecule is CC(C)C1CCC(C(Cc2ccccc2Cl)NN)CC1. The zero-order valence-electron chi connectivity index (χ0n) is 12.6. The molecular formula is C17H27ClN2. The molecule has 1 aromatic rings. The Balaban J connectivity index is 1.95. The first-order valence-electron chi connectivity index (χ1n) is 7.81. The van der Waals surface area contributed by atoms with E-state index in [0.717, 1.165) is 23.3 Å². The Hall–Kier alpha value is -0.570. The Bertz CT molecular complexity index is 411. The van der Waals surface area contributed by atoms with Crippen LogP contribution in [0.4, 0.5) is 0 Å². The van der Waals surface area contributed by atoms with Crippen molar-refractivity contribution in [3.63, 3.8) is 0 Å². The summed E-state index contributed by atoms with van der Waals surface area (Å²) in [6.45, 7) is 4.68. The molecule has 0 aromatic heterocycles. The van der Waals surface area contributed by atoms with Crippen LogP contribution in [0.25, 0.3) is 0 Å². The van der Waals surface area contributed by atoms with Crippen molar-refractivity contribution in [1.82, 2.24) is 5.43 Å². The molecule has 0 bridgehead atoms. The van der Waals surface area contributed by atoms with E-state index in [1.54, 1.807) is 0 Å². The Morgan fingerprint density at radius 1 is 1.15 bits per heavy atom. The van der Waals surface area contributed by atoms with Gasteiger partial charge in [-0.3, -0.25) is 11.3 Å². The highest BCUT2D eigenvalue weighted by Crippen LogP contribution is 2.35. The fourth-order valence-electron chi connectivity index (χ4n) is 3.48. The van der Waals surface area contributed by atoms with Crippen LogP contribution in [0.1, 0.15) is 45.1 Å². The molecule has 0 heterocycles. The lowest BCUT2D eigenvalue weighted by Gasteiger charge is -2.35. The minimum absolute atomic E-state index is 0.336. The van der Waals surface area contributed by atoms with Crippen molar-refractivity contribution in [3.05, 3.63) is 34.9 Å². The molecule has 1 saturated carbocycles. The van der Waals surface area contributed by atoms with Crippen molar-refractivity contribution in [1.29, 1.82) is 0 Å². The van der Waals surface area contributed by atoms with Gasteiger partial charge in [0.05, 0.1) is 0 Å². The lowest BCUT2D eigenvalue weighted by atomic mass is 9.74. The van der Waals surface area contributed by atoms with Gasteiger partial charge in [0.15, 0.2) is 0 Å². The van der Waals surface area contributed by atoms with E-state index in [1.165, 1.54) is 31.2 Å². The molecule has 0 spiro atoms. The molecule has 1 aliphatic carbocycles. The maximum Gasteiger partial charge on any atom is 0.0438 e. The van der Waals surface area contributed by atoms with Crippen molar-refractivity contribution >= 4 is 11.6 Å². The topological polar surface area (TPSA) is 38.0 Å². The van der Waals surface area contributed by atoms with Gasteiger partial charge in [-0.1, -0.05) is 43.6 Å². The normalized spacial score (nSPS) is 24.9. The predicted molar refractivity (Wildman–Crippen MR) is 86.6 cm³/mol. The second kappa shape index (κ2) is 7.44. The molecule has 0 aliphatic heterocycles. The van der Waals surface area contributed by atoms with E-state index < -0.39 is 0 Å². The molecular weight excluding hydrogens is 268 g/mol. The van der Waals surface area contributed by atoms with Crippen LogP contribution in [-0.4, -0.2) is 6.04 Å². The summed E-state index contributed by atoms with van der Waals surface area (Å²) in [7, 11) is 0. The number of rotatable bonds is 5. The van der Waals surface area contributed by atoms with Crippen molar-refractivity contribution in [2.45, 2.75) is 52.0 Å². The zero-order chi connectivity index (χ0) is 14.5. The van der Waals surface area contributed by atoms with Gasteiger partial charge in [-0.25, -0.2) is 0 Å². The fourth-order valence-corrected chi connectivity index (χ4v) is 3.69. The van der Waals surface area contributed by atoms with Gasteiger partial charge < -0.3 is 0 Å². The first-order valence-corrected chi connectivity index (χ1v) is 8.19. The van der Waals surface area contributed by atoms with Crippen molar-refractivity contribution in [3.8, 4) is 0 Å². The van der Waals surface area contributed by atoms with Gasteiger partial charge >= 0.3 is 0 Å². The summed E-state index contributed by atoms with van der Waals surface area (Å²) >= 11 is 6.26. The van der Waals surface area contributed by atoms with Gasteiger partial charge in [0.2, 0.25) is 0 Å². The van der Waals surface area contributed by atoms with Crippen LogP contribution in [0.2, 0.25) is 5.02 Å². The number of benzene rings is 1. The number of hydrogen-bond acceptors (Lipinski definition) is 2. The van der Waals surface area contributed by atoms with E-state index in [4.69, 9.17) is 17.4 Å². The molecule has 2 nitrogen and oxygen atoms in total. The van der Waals surface area contributed by atoms with Crippen LogP contribution in [0, 0.1) is 17.8 Å². The summed E-state index contributed by atoms with van der Waals surface area (Å²) < 4.78 is 0. The van der Waals surface area contributed by atoms with E-state index in [-0.39, 0.29) is 0 Å². The monoisotopic (exact) mass is 294 g/mol. The summed E-state index contributed by atoms with van der Waals surface area (Å²) in [6, 6.07) is 8.42. The quantitative estimate of drug-likeness (QED) is 0.631. The van der Waals surface area contributed by atoms with Gasteiger partial charge in [0.1, 0.15) is 0 Å². The third-order valence-electron chi connectivity index (χ3n) is 4.94. The lowest BCUT2D eigenvalue weighted by Crippen LogP contribution is -2.44. The maximum atomic E-state index is 6.26. The second-order valence-electron chi connectivity index (χ2n) is 6.49. The molecule has 1 atom stereocenters. The Morgan fingerprint density at radius 2 is 1.75 bits per heavy atom. The molecule has 1 aromatic carbocycles. The minimum atomic E-state index is 0.336. The molecule has 1 aliphatic rings. The van der Waals surface area contributed by atoms with Crippen molar-refractivity contribution < 1.29 is 0 Å². The number of nitrogens with two attached hydrogens (primary N) is 1. The lowest BCUT2D eigenvalue weighted by molar-refractivity contribution is 0.188. The van der Waals surface area contributed by atoms with Crippen molar-refractivity contribution in [2.24, 2.45) is 23.6 Å². The minimum Gasteiger partial charge on any atom is -0.271 e. The Morgan fingerprint density at radius 3 is 2.30 bits per heavy atom. The Labute approximate surface area is 128 Å². The summed E-state index contributed by atoms with van der Waals surface area (Å²) in [5.41, 5.74) is 4.23. The van der Waals surface area contributed by atoms with Gasteiger partial charge in [0, 0.05) is 11.1 Å². The first-order chi connectivity index (χ1) is 9.61. The number of hydrazine groups is 1. The average Bonchev–Trinajstić information content (AvgIpc) is 2.46. The van der Waals surface area contributed by atoms with Crippen molar-refractivity contribution in [2.75, 3.05) is 0 Å². The molecule has 0 amide bonds. The third kappa shape index (κ3) is 3.97. The van der Waals surface area contributed by atoms with E-state index in [2.05, 4.69) is 25.3 Å². The van der Waals surface area contributed by atoms with Crippen LogP contribution < -0.4 is 11.3 Å². The average molecular weight is 295 g/mol. The molecule has 1 fully saturated rings.